The Morgan fingerprint density at radius 2 is 2.33 bits per heavy atom. The molecule has 0 N–H and O–H groups in total. The molecule has 0 unspecified atom stereocenters. The number of rotatable bonds is 0. The van der Waals surface area contributed by atoms with Gasteiger partial charge in [0.2, 0.25) is 0 Å². The standard InChI is InChI=1S/C6H5OSe2/c1-4-6(8)5(7)2-3-9-4/h2-3H,1H3. The predicted octanol–water partition coefficient (Wildman–Crippen LogP) is -0.794. The first-order valence-electron chi connectivity index (χ1n) is 2.47. The van der Waals surface area contributed by atoms with Crippen LogP contribution in [0, 0.1) is 6.92 Å². The van der Waals surface area contributed by atoms with Crippen LogP contribution in [-0.2, 0) is 0 Å². The first kappa shape index (κ1) is 7.30. The van der Waals surface area contributed by atoms with E-state index in [-0.39, 0.29) is 5.43 Å². The molecule has 0 saturated heterocycles. The van der Waals surface area contributed by atoms with Crippen LogP contribution in [0.1, 0.15) is 4.44 Å². The van der Waals surface area contributed by atoms with E-state index in [9.17, 15) is 4.79 Å². The Morgan fingerprint density at radius 3 is 2.78 bits per heavy atom. The van der Waals surface area contributed by atoms with E-state index in [4.69, 9.17) is 0 Å². The third-order valence-electron chi connectivity index (χ3n) is 1.01. The Hall–Kier alpha value is 0.189. The second-order valence-corrected chi connectivity index (χ2v) is 4.88. The molecule has 0 bridgehead atoms. The van der Waals surface area contributed by atoms with Crippen molar-refractivity contribution >= 4 is 35.0 Å². The van der Waals surface area contributed by atoms with Crippen LogP contribution >= 0.6 is 0 Å². The summed E-state index contributed by atoms with van der Waals surface area (Å²) in [6.45, 7) is 1.99. The summed E-state index contributed by atoms with van der Waals surface area (Å²) >= 11 is 3.18. The fourth-order valence-electron chi connectivity index (χ4n) is 0.501. The van der Waals surface area contributed by atoms with Crippen LogP contribution < -0.4 is 9.89 Å². The third-order valence-corrected chi connectivity index (χ3v) is 4.47. The van der Waals surface area contributed by atoms with Crippen molar-refractivity contribution < 1.29 is 0 Å². The fraction of sp³-hybridized carbons (Fsp3) is 0.167. The van der Waals surface area contributed by atoms with Gasteiger partial charge >= 0.3 is 67.6 Å². The molecule has 47 valence electrons. The van der Waals surface area contributed by atoms with Crippen molar-refractivity contribution in [2.24, 2.45) is 0 Å². The molecule has 0 aliphatic heterocycles. The summed E-state index contributed by atoms with van der Waals surface area (Å²) in [6, 6.07) is 1.64. The average molecular weight is 251 g/mol. The van der Waals surface area contributed by atoms with Crippen molar-refractivity contribution in [3.05, 3.63) is 25.7 Å². The van der Waals surface area contributed by atoms with Crippen molar-refractivity contribution in [2.45, 2.75) is 6.92 Å². The predicted molar refractivity (Wildman–Crippen MR) is 39.8 cm³/mol. The van der Waals surface area contributed by atoms with Gasteiger partial charge in [-0.15, -0.1) is 0 Å². The zero-order valence-electron chi connectivity index (χ0n) is 4.88. The molecule has 0 spiro atoms. The Bertz CT molecular complexity index is 264. The second-order valence-electron chi connectivity index (χ2n) is 1.67. The van der Waals surface area contributed by atoms with Crippen LogP contribution in [0.4, 0.5) is 0 Å². The normalized spacial score (nSPS) is 9.44. The second kappa shape index (κ2) is 2.85. The molecule has 0 aliphatic carbocycles. The summed E-state index contributed by atoms with van der Waals surface area (Å²) in [5.74, 6) is 0. The van der Waals surface area contributed by atoms with Crippen LogP contribution in [0.25, 0.3) is 0 Å². The first-order chi connectivity index (χ1) is 4.22. The summed E-state index contributed by atoms with van der Waals surface area (Å²) < 4.78 is 2.02. The summed E-state index contributed by atoms with van der Waals surface area (Å²) in [5, 5.41) is 0. The van der Waals surface area contributed by atoms with Crippen LogP contribution in [0.15, 0.2) is 15.8 Å². The molecular weight excluding hydrogens is 246 g/mol. The third kappa shape index (κ3) is 1.56. The molecule has 0 aromatic carbocycles. The quantitative estimate of drug-likeness (QED) is 0.552. The van der Waals surface area contributed by atoms with Gasteiger partial charge in [0.15, 0.2) is 0 Å². The molecule has 0 amide bonds. The maximum absolute atomic E-state index is 10.8. The molecule has 1 nitrogen and oxygen atoms in total. The van der Waals surface area contributed by atoms with E-state index in [0.717, 1.165) is 4.46 Å². The molecule has 3 heteroatoms. The van der Waals surface area contributed by atoms with Gasteiger partial charge in [-0.1, -0.05) is 0 Å². The van der Waals surface area contributed by atoms with E-state index < -0.39 is 0 Å². The molecule has 1 heterocycles. The summed E-state index contributed by atoms with van der Waals surface area (Å²) in [4.78, 5) is 12.8. The van der Waals surface area contributed by atoms with E-state index in [0.29, 0.717) is 14.5 Å². The summed E-state index contributed by atoms with van der Waals surface area (Å²) in [7, 11) is 0. The molecule has 1 radical (unpaired) electrons. The molecule has 1 aromatic heterocycles. The number of aryl methyl sites for hydroxylation is 1. The monoisotopic (exact) mass is 253 g/mol. The van der Waals surface area contributed by atoms with Gasteiger partial charge in [-0.25, -0.2) is 0 Å². The van der Waals surface area contributed by atoms with Crippen LogP contribution in [0.2, 0.25) is 0 Å². The van der Waals surface area contributed by atoms with E-state index in [1.165, 1.54) is 4.44 Å². The Labute approximate surface area is 67.7 Å². The molecule has 9 heavy (non-hydrogen) atoms. The Morgan fingerprint density at radius 1 is 1.67 bits per heavy atom. The van der Waals surface area contributed by atoms with E-state index in [1.54, 1.807) is 6.07 Å². The molecule has 0 saturated carbocycles. The van der Waals surface area contributed by atoms with Crippen molar-refractivity contribution in [1.29, 1.82) is 0 Å². The van der Waals surface area contributed by atoms with Crippen molar-refractivity contribution in [2.75, 3.05) is 0 Å². The van der Waals surface area contributed by atoms with Gasteiger partial charge in [-0.2, -0.15) is 0 Å². The van der Waals surface area contributed by atoms with Crippen LogP contribution in [-0.4, -0.2) is 30.5 Å². The van der Waals surface area contributed by atoms with Gasteiger partial charge in [-0.05, 0) is 0 Å². The van der Waals surface area contributed by atoms with Crippen molar-refractivity contribution in [3.8, 4) is 0 Å². The Kier molecular flexibility index (Phi) is 2.31. The van der Waals surface area contributed by atoms with Crippen molar-refractivity contribution in [1.82, 2.24) is 0 Å². The molecule has 0 fully saturated rings. The van der Waals surface area contributed by atoms with Gasteiger partial charge < -0.3 is 0 Å². The molecule has 1 aromatic rings. The fourth-order valence-corrected chi connectivity index (χ4v) is 2.43. The molecule has 0 aliphatic rings. The maximum atomic E-state index is 10.8. The zero-order chi connectivity index (χ0) is 6.85. The molecule has 0 atom stereocenters. The van der Waals surface area contributed by atoms with Crippen LogP contribution in [0.3, 0.4) is 0 Å². The summed E-state index contributed by atoms with van der Waals surface area (Å²) in [5.41, 5.74) is 0.126. The molecular formula is C6H5OSe2. The molecule has 1 rings (SSSR count). The minimum absolute atomic E-state index is 0.126. The van der Waals surface area contributed by atoms with E-state index >= 15 is 0 Å². The van der Waals surface area contributed by atoms with Crippen LogP contribution in [0.5, 0.6) is 0 Å². The van der Waals surface area contributed by atoms with Crippen molar-refractivity contribution in [3.63, 3.8) is 0 Å². The van der Waals surface area contributed by atoms with Gasteiger partial charge in [-0.3, -0.25) is 0 Å². The SMILES string of the molecule is Cc1[se]ccc(=O)c1[Se]. The zero-order valence-corrected chi connectivity index (χ0v) is 8.31. The van der Waals surface area contributed by atoms with Gasteiger partial charge in [0, 0.05) is 0 Å². The van der Waals surface area contributed by atoms with E-state index in [1.807, 2.05) is 11.9 Å². The topological polar surface area (TPSA) is 17.1 Å². The summed E-state index contributed by atoms with van der Waals surface area (Å²) in [6.07, 6.45) is 0. The Balaban J connectivity index is 3.43. The average Bonchev–Trinajstić information content (AvgIpc) is 1.83. The number of hydrogen-bond donors (Lipinski definition) is 0. The number of hydrogen-bond acceptors (Lipinski definition) is 1. The van der Waals surface area contributed by atoms with Gasteiger partial charge in [0.25, 0.3) is 0 Å². The minimum atomic E-state index is 0.126. The van der Waals surface area contributed by atoms with Gasteiger partial charge in [0.1, 0.15) is 0 Å². The van der Waals surface area contributed by atoms with E-state index in [2.05, 4.69) is 16.0 Å². The first-order valence-corrected chi connectivity index (χ1v) is 5.17. The van der Waals surface area contributed by atoms with Gasteiger partial charge in [0.05, 0.1) is 0 Å².